The van der Waals surface area contributed by atoms with Crippen LogP contribution in [0.25, 0.3) is 22.6 Å². The number of aromatic amines is 1. The molecule has 5 heteroatoms. The van der Waals surface area contributed by atoms with Crippen molar-refractivity contribution in [2.24, 2.45) is 17.8 Å². The van der Waals surface area contributed by atoms with Crippen molar-refractivity contribution >= 4 is 5.97 Å². The van der Waals surface area contributed by atoms with E-state index < -0.39 is 0 Å². The summed E-state index contributed by atoms with van der Waals surface area (Å²) in [5, 5.41) is 10.9. The van der Waals surface area contributed by atoms with Gasteiger partial charge in [0, 0.05) is 16.7 Å². The zero-order chi connectivity index (χ0) is 21.9. The van der Waals surface area contributed by atoms with Crippen LogP contribution in [0.3, 0.4) is 0 Å². The van der Waals surface area contributed by atoms with E-state index in [-0.39, 0.29) is 11.4 Å². The second-order valence-corrected chi connectivity index (χ2v) is 10.1. The number of phenols is 1. The maximum atomic E-state index is 11.7. The third kappa shape index (κ3) is 3.14. The maximum Gasteiger partial charge on any atom is 0.337 e. The molecule has 164 valence electrons. The first-order valence-corrected chi connectivity index (χ1v) is 11.6. The number of rotatable bonds is 4. The Morgan fingerprint density at radius 2 is 1.62 bits per heavy atom. The molecule has 4 bridgehead atoms. The smallest absolute Gasteiger partial charge is 0.337 e. The van der Waals surface area contributed by atoms with Crippen LogP contribution in [0.2, 0.25) is 0 Å². The number of methoxy groups -OCH3 is 1. The number of benzene rings is 2. The van der Waals surface area contributed by atoms with Crippen molar-refractivity contribution in [1.29, 1.82) is 0 Å². The molecule has 4 aliphatic rings. The van der Waals surface area contributed by atoms with Gasteiger partial charge < -0.3 is 14.8 Å². The number of imidazole rings is 1. The van der Waals surface area contributed by atoms with E-state index in [1.165, 1.54) is 45.6 Å². The number of phenolic OH excluding ortho intramolecular Hbond substituents is 1. The minimum absolute atomic E-state index is 0.140. The van der Waals surface area contributed by atoms with E-state index in [2.05, 4.69) is 16.0 Å². The number of aromatic hydroxyl groups is 1. The summed E-state index contributed by atoms with van der Waals surface area (Å²) in [6.07, 6.45) is 9.67. The highest BCUT2D eigenvalue weighted by Crippen LogP contribution is 2.62. The van der Waals surface area contributed by atoms with Gasteiger partial charge in [-0.1, -0.05) is 12.1 Å². The SMILES string of the molecule is COC(=O)c1ccc(-c2ncc(-c3ccc(O)c(C45CC6CC(CC(C6)C4)C5)c3)[nH]2)cc1. The monoisotopic (exact) mass is 428 g/mol. The fourth-order valence-electron chi connectivity index (χ4n) is 7.07. The normalized spacial score (nSPS) is 28.1. The topological polar surface area (TPSA) is 75.2 Å². The number of aromatic nitrogens is 2. The molecule has 0 unspecified atom stereocenters. The van der Waals surface area contributed by atoms with Gasteiger partial charge in [-0.05, 0) is 92.0 Å². The lowest BCUT2D eigenvalue weighted by atomic mass is 9.48. The van der Waals surface area contributed by atoms with Crippen LogP contribution in [0.5, 0.6) is 5.75 Å². The largest absolute Gasteiger partial charge is 0.508 e. The second-order valence-electron chi connectivity index (χ2n) is 10.1. The number of ether oxygens (including phenoxy) is 1. The molecule has 4 saturated carbocycles. The number of carbonyl (C=O) groups is 1. The van der Waals surface area contributed by atoms with Crippen LogP contribution >= 0.6 is 0 Å². The van der Waals surface area contributed by atoms with Crippen molar-refractivity contribution in [2.75, 3.05) is 7.11 Å². The molecule has 0 spiro atoms. The van der Waals surface area contributed by atoms with Crippen LogP contribution in [0, 0.1) is 17.8 Å². The van der Waals surface area contributed by atoms with Gasteiger partial charge in [-0.15, -0.1) is 0 Å². The molecule has 2 N–H and O–H groups in total. The average molecular weight is 429 g/mol. The highest BCUT2D eigenvalue weighted by Gasteiger charge is 2.52. The molecular weight excluding hydrogens is 400 g/mol. The van der Waals surface area contributed by atoms with Gasteiger partial charge in [0.05, 0.1) is 24.6 Å². The first-order chi connectivity index (χ1) is 15.5. The van der Waals surface area contributed by atoms with Gasteiger partial charge in [-0.25, -0.2) is 9.78 Å². The molecule has 1 aromatic heterocycles. The van der Waals surface area contributed by atoms with Crippen LogP contribution in [-0.4, -0.2) is 28.2 Å². The minimum Gasteiger partial charge on any atom is -0.508 e. The Kier molecular flexibility index (Phi) is 4.42. The fraction of sp³-hybridized carbons (Fsp3) is 0.407. The van der Waals surface area contributed by atoms with E-state index >= 15 is 0 Å². The molecule has 3 aromatic rings. The predicted molar refractivity (Wildman–Crippen MR) is 122 cm³/mol. The van der Waals surface area contributed by atoms with Crippen LogP contribution in [0.15, 0.2) is 48.7 Å². The van der Waals surface area contributed by atoms with Gasteiger partial charge in [0.15, 0.2) is 0 Å². The fourth-order valence-corrected chi connectivity index (χ4v) is 7.07. The van der Waals surface area contributed by atoms with Crippen molar-refractivity contribution in [3.8, 4) is 28.4 Å². The molecule has 0 saturated heterocycles. The molecule has 0 amide bonds. The van der Waals surface area contributed by atoms with E-state index in [4.69, 9.17) is 4.74 Å². The Morgan fingerprint density at radius 1 is 1.00 bits per heavy atom. The number of carbonyl (C=O) groups excluding carboxylic acids is 1. The average Bonchev–Trinajstić information content (AvgIpc) is 3.28. The maximum absolute atomic E-state index is 11.7. The lowest BCUT2D eigenvalue weighted by Crippen LogP contribution is -2.48. The lowest BCUT2D eigenvalue weighted by molar-refractivity contribution is -0.00611. The van der Waals surface area contributed by atoms with Crippen LogP contribution < -0.4 is 0 Å². The van der Waals surface area contributed by atoms with E-state index in [0.717, 1.165) is 46.0 Å². The number of nitrogens with one attached hydrogen (secondary N) is 1. The van der Waals surface area contributed by atoms with Gasteiger partial charge >= 0.3 is 5.97 Å². The summed E-state index contributed by atoms with van der Waals surface area (Å²) < 4.78 is 4.77. The van der Waals surface area contributed by atoms with Crippen LogP contribution in [0.1, 0.15) is 54.4 Å². The first-order valence-electron chi connectivity index (χ1n) is 11.6. The Hall–Kier alpha value is -3.08. The van der Waals surface area contributed by atoms with Gasteiger partial charge in [0.2, 0.25) is 0 Å². The van der Waals surface area contributed by atoms with Crippen molar-refractivity contribution in [3.63, 3.8) is 0 Å². The zero-order valence-electron chi connectivity index (χ0n) is 18.3. The number of hydrogen-bond donors (Lipinski definition) is 2. The molecule has 5 nitrogen and oxygen atoms in total. The second kappa shape index (κ2) is 7.22. The molecule has 32 heavy (non-hydrogen) atoms. The quantitative estimate of drug-likeness (QED) is 0.523. The molecule has 0 radical (unpaired) electrons. The van der Waals surface area contributed by atoms with E-state index in [9.17, 15) is 9.90 Å². The van der Waals surface area contributed by atoms with Gasteiger partial charge in [0.1, 0.15) is 11.6 Å². The van der Waals surface area contributed by atoms with Gasteiger partial charge in [-0.2, -0.15) is 0 Å². The Bertz CT molecular complexity index is 1140. The van der Waals surface area contributed by atoms with Gasteiger partial charge in [0.25, 0.3) is 0 Å². The van der Waals surface area contributed by atoms with E-state index in [0.29, 0.717) is 11.3 Å². The highest BCUT2D eigenvalue weighted by molar-refractivity contribution is 5.89. The van der Waals surface area contributed by atoms with E-state index in [1.54, 1.807) is 12.1 Å². The lowest BCUT2D eigenvalue weighted by Gasteiger charge is -2.57. The summed E-state index contributed by atoms with van der Waals surface area (Å²) in [6.45, 7) is 0. The summed E-state index contributed by atoms with van der Waals surface area (Å²) in [4.78, 5) is 19.7. The molecule has 4 fully saturated rings. The standard InChI is InChI=1S/C27H28N2O3/c1-32-26(31)20-4-2-19(3-5-20)25-28-15-23(29-25)21-6-7-24(30)22(11-21)27-12-16-8-17(13-27)10-18(9-16)14-27/h2-7,11,15-18,30H,8-10,12-14H2,1H3,(H,28,29). The minimum atomic E-state index is -0.349. The van der Waals surface area contributed by atoms with Crippen molar-refractivity contribution in [3.05, 3.63) is 59.8 Å². The van der Waals surface area contributed by atoms with Crippen molar-refractivity contribution in [2.45, 2.75) is 43.9 Å². The molecule has 2 aromatic carbocycles. The van der Waals surface area contributed by atoms with Crippen LogP contribution in [-0.2, 0) is 10.2 Å². The summed E-state index contributed by atoms with van der Waals surface area (Å²) in [6, 6.07) is 13.2. The molecule has 4 aliphatic carbocycles. The molecular formula is C27H28N2O3. The number of esters is 1. The Labute approximate surface area is 187 Å². The number of hydrogen-bond acceptors (Lipinski definition) is 4. The third-order valence-corrected chi connectivity index (χ3v) is 8.07. The summed E-state index contributed by atoms with van der Waals surface area (Å²) in [5.74, 6) is 3.33. The summed E-state index contributed by atoms with van der Waals surface area (Å²) >= 11 is 0. The Morgan fingerprint density at radius 3 is 2.25 bits per heavy atom. The van der Waals surface area contributed by atoms with E-state index in [1.807, 2.05) is 30.5 Å². The summed E-state index contributed by atoms with van der Waals surface area (Å²) in [7, 11) is 1.38. The van der Waals surface area contributed by atoms with Crippen LogP contribution in [0.4, 0.5) is 0 Å². The highest BCUT2D eigenvalue weighted by atomic mass is 16.5. The Balaban J connectivity index is 1.31. The van der Waals surface area contributed by atoms with Crippen molar-refractivity contribution < 1.29 is 14.6 Å². The third-order valence-electron chi connectivity index (χ3n) is 8.07. The first kappa shape index (κ1) is 19.6. The molecule has 1 heterocycles. The van der Waals surface area contributed by atoms with Gasteiger partial charge in [-0.3, -0.25) is 0 Å². The molecule has 7 rings (SSSR count). The molecule has 0 aliphatic heterocycles. The zero-order valence-corrected chi connectivity index (χ0v) is 18.3. The van der Waals surface area contributed by atoms with Crippen molar-refractivity contribution in [1.82, 2.24) is 9.97 Å². The summed E-state index contributed by atoms with van der Waals surface area (Å²) in [5.41, 5.74) is 4.68. The predicted octanol–water partition coefficient (Wildman–Crippen LogP) is 5.70. The number of nitrogens with zero attached hydrogens (tertiary/aromatic N) is 1. The number of H-pyrrole nitrogens is 1. The molecule has 0 atom stereocenters.